The molecule has 1 aliphatic carbocycles. The number of rotatable bonds is 4. The Morgan fingerprint density at radius 1 is 1.25 bits per heavy atom. The van der Waals surface area contributed by atoms with E-state index in [1.165, 1.54) is 0 Å². The summed E-state index contributed by atoms with van der Waals surface area (Å²) in [5, 5.41) is 16.1. The van der Waals surface area contributed by atoms with Gasteiger partial charge in [-0.25, -0.2) is 9.78 Å². The highest BCUT2D eigenvalue weighted by molar-refractivity contribution is 7.17. The molecule has 32 heavy (non-hydrogen) atoms. The fourth-order valence-electron chi connectivity index (χ4n) is 4.69. The second kappa shape index (κ2) is 7.91. The number of aromatic nitrogens is 4. The van der Waals surface area contributed by atoms with E-state index < -0.39 is 5.60 Å². The summed E-state index contributed by atoms with van der Waals surface area (Å²) in [6.07, 6.45) is 1.79. The molecule has 5 rings (SSSR count). The number of carbonyl (C=O) groups excluding carboxylic acids is 1. The van der Waals surface area contributed by atoms with Crippen LogP contribution in [0.5, 0.6) is 0 Å². The van der Waals surface area contributed by atoms with Crippen molar-refractivity contribution in [2.45, 2.75) is 52.2 Å². The topological polar surface area (TPSA) is 108 Å². The highest BCUT2D eigenvalue weighted by Gasteiger charge is 2.43. The average Bonchev–Trinajstić information content (AvgIpc) is 3.44. The zero-order chi connectivity index (χ0) is 22.5. The third kappa shape index (κ3) is 4.36. The van der Waals surface area contributed by atoms with E-state index in [-0.39, 0.29) is 6.09 Å². The Morgan fingerprint density at radius 2 is 2.00 bits per heavy atom. The van der Waals surface area contributed by atoms with E-state index in [0.29, 0.717) is 23.8 Å². The average molecular weight is 456 g/mol. The minimum absolute atomic E-state index is 0.202. The van der Waals surface area contributed by atoms with Gasteiger partial charge in [-0.2, -0.15) is 10.1 Å². The lowest BCUT2D eigenvalue weighted by Gasteiger charge is -2.25. The predicted molar refractivity (Wildman–Crippen MR) is 125 cm³/mol. The Bertz CT molecular complexity index is 1120. The Kier molecular flexibility index (Phi) is 5.19. The van der Waals surface area contributed by atoms with Gasteiger partial charge in [-0.15, -0.1) is 11.3 Å². The second-order valence-corrected chi connectivity index (χ2v) is 10.7. The van der Waals surface area contributed by atoms with E-state index in [1.807, 2.05) is 50.1 Å². The lowest BCUT2D eigenvalue weighted by atomic mass is 10.0. The Balaban J connectivity index is 1.25. The van der Waals surface area contributed by atoms with Crippen molar-refractivity contribution in [3.05, 3.63) is 23.2 Å². The van der Waals surface area contributed by atoms with Gasteiger partial charge in [0.15, 0.2) is 11.6 Å². The number of aromatic amines is 1. The quantitative estimate of drug-likeness (QED) is 0.531. The van der Waals surface area contributed by atoms with Gasteiger partial charge in [-0.05, 0) is 63.8 Å². The zero-order valence-electron chi connectivity index (χ0n) is 18.8. The van der Waals surface area contributed by atoms with Gasteiger partial charge in [0.2, 0.25) is 5.95 Å². The normalized spacial score (nSPS) is 22.9. The van der Waals surface area contributed by atoms with E-state index in [2.05, 4.69) is 20.8 Å². The first-order valence-electron chi connectivity index (χ1n) is 11.0. The second-order valence-electron chi connectivity index (χ2n) is 9.81. The van der Waals surface area contributed by atoms with Crippen LogP contribution in [0, 0.1) is 18.8 Å². The molecule has 3 atom stereocenters. The SMILES string of the molecule is Cc1cc(Nc2nc(NC3C[C@@H]4CN(C(=O)OC(C)(C)C)C[C@@H]4C3)nc3ccsc23)n[nH]1. The molecule has 10 heteroatoms. The van der Waals surface area contributed by atoms with Gasteiger partial charge in [0.25, 0.3) is 0 Å². The number of thiophene rings is 1. The first kappa shape index (κ1) is 21.0. The van der Waals surface area contributed by atoms with Crippen LogP contribution in [0.3, 0.4) is 0 Å². The number of fused-ring (bicyclic) bond motifs is 2. The summed E-state index contributed by atoms with van der Waals surface area (Å²) in [6, 6.07) is 4.25. The van der Waals surface area contributed by atoms with Crippen LogP contribution in [0.1, 0.15) is 39.3 Å². The molecule has 4 heterocycles. The van der Waals surface area contributed by atoms with Crippen molar-refractivity contribution < 1.29 is 9.53 Å². The summed E-state index contributed by atoms with van der Waals surface area (Å²) in [4.78, 5) is 23.7. The minimum Gasteiger partial charge on any atom is -0.444 e. The standard InChI is InChI=1S/C22H29N7O2S/c1-12-7-17(28-27-12)25-19-18-16(5-6-32-18)24-20(26-19)23-15-8-13-10-29(11-14(13)9-15)21(30)31-22(2,3)4/h5-7,13-15H,8-11H2,1-4H3,(H3,23,24,25,26,27,28)/t13-,14+,15?. The minimum atomic E-state index is -0.461. The summed E-state index contributed by atoms with van der Waals surface area (Å²) in [6.45, 7) is 9.20. The number of anilines is 3. The molecule has 0 spiro atoms. The van der Waals surface area contributed by atoms with E-state index in [0.717, 1.165) is 53.5 Å². The van der Waals surface area contributed by atoms with E-state index >= 15 is 0 Å². The number of amides is 1. The third-order valence-electron chi connectivity index (χ3n) is 5.99. The van der Waals surface area contributed by atoms with Crippen LogP contribution < -0.4 is 10.6 Å². The van der Waals surface area contributed by atoms with Crippen LogP contribution in [0.4, 0.5) is 22.4 Å². The lowest BCUT2D eigenvalue weighted by Crippen LogP contribution is -2.36. The van der Waals surface area contributed by atoms with E-state index in [1.54, 1.807) is 11.3 Å². The van der Waals surface area contributed by atoms with Gasteiger partial charge in [0.05, 0.1) is 10.2 Å². The number of hydrogen-bond acceptors (Lipinski definition) is 8. The van der Waals surface area contributed by atoms with E-state index in [9.17, 15) is 4.79 Å². The number of carbonyl (C=O) groups is 1. The largest absolute Gasteiger partial charge is 0.444 e. The maximum atomic E-state index is 12.4. The van der Waals surface area contributed by atoms with Gasteiger partial charge >= 0.3 is 6.09 Å². The van der Waals surface area contributed by atoms with Crippen molar-refractivity contribution in [2.75, 3.05) is 23.7 Å². The van der Waals surface area contributed by atoms with Gasteiger partial charge in [0.1, 0.15) is 5.60 Å². The predicted octanol–water partition coefficient (Wildman–Crippen LogP) is 4.52. The molecule has 1 saturated carbocycles. The van der Waals surface area contributed by atoms with Crippen LogP contribution in [0.2, 0.25) is 0 Å². The Hall–Kier alpha value is -2.88. The van der Waals surface area contributed by atoms with Crippen molar-refractivity contribution in [2.24, 2.45) is 11.8 Å². The molecule has 9 nitrogen and oxygen atoms in total. The highest BCUT2D eigenvalue weighted by atomic mass is 32.1. The number of nitrogens with one attached hydrogen (secondary N) is 3. The van der Waals surface area contributed by atoms with Crippen LogP contribution in [-0.4, -0.2) is 55.9 Å². The van der Waals surface area contributed by atoms with Crippen molar-refractivity contribution in [1.29, 1.82) is 0 Å². The molecular weight excluding hydrogens is 426 g/mol. The molecule has 3 aromatic heterocycles. The number of ether oxygens (including phenoxy) is 1. The van der Waals surface area contributed by atoms with Gasteiger partial charge < -0.3 is 20.3 Å². The summed E-state index contributed by atoms with van der Waals surface area (Å²) >= 11 is 1.61. The first-order chi connectivity index (χ1) is 15.2. The van der Waals surface area contributed by atoms with Gasteiger partial charge in [-0.3, -0.25) is 5.10 Å². The molecule has 0 bridgehead atoms. The van der Waals surface area contributed by atoms with Crippen molar-refractivity contribution >= 4 is 45.2 Å². The number of likely N-dealkylation sites (tertiary alicyclic amines) is 1. The number of nitrogens with zero attached hydrogens (tertiary/aromatic N) is 4. The van der Waals surface area contributed by atoms with E-state index in [4.69, 9.17) is 14.7 Å². The third-order valence-corrected chi connectivity index (χ3v) is 6.90. The van der Waals surface area contributed by atoms with Crippen LogP contribution >= 0.6 is 11.3 Å². The van der Waals surface area contributed by atoms with Gasteiger partial charge in [-0.1, -0.05) is 0 Å². The molecule has 1 saturated heterocycles. The maximum Gasteiger partial charge on any atom is 0.410 e. The molecule has 1 aliphatic heterocycles. The fourth-order valence-corrected chi connectivity index (χ4v) is 5.47. The van der Waals surface area contributed by atoms with Crippen LogP contribution in [0.25, 0.3) is 10.2 Å². The molecule has 3 N–H and O–H groups in total. The van der Waals surface area contributed by atoms with Crippen molar-refractivity contribution in [3.63, 3.8) is 0 Å². The lowest BCUT2D eigenvalue weighted by molar-refractivity contribution is 0.0280. The van der Waals surface area contributed by atoms with Crippen molar-refractivity contribution in [1.82, 2.24) is 25.1 Å². The molecule has 2 fully saturated rings. The molecule has 1 amide bonds. The smallest absolute Gasteiger partial charge is 0.410 e. The van der Waals surface area contributed by atoms with Crippen molar-refractivity contribution in [3.8, 4) is 0 Å². The number of H-pyrrole nitrogens is 1. The summed E-state index contributed by atoms with van der Waals surface area (Å²) < 4.78 is 6.55. The molecule has 170 valence electrons. The summed E-state index contributed by atoms with van der Waals surface area (Å²) in [5.41, 5.74) is 1.44. The fraction of sp³-hybridized carbons (Fsp3) is 0.545. The Labute approximate surface area is 191 Å². The monoisotopic (exact) mass is 455 g/mol. The molecule has 0 radical (unpaired) electrons. The highest BCUT2D eigenvalue weighted by Crippen LogP contribution is 2.40. The maximum absolute atomic E-state index is 12.4. The summed E-state index contributed by atoms with van der Waals surface area (Å²) in [7, 11) is 0. The van der Waals surface area contributed by atoms with Gasteiger partial charge in [0, 0.05) is 30.9 Å². The Morgan fingerprint density at radius 3 is 2.66 bits per heavy atom. The number of aryl methyl sites for hydroxylation is 1. The molecular formula is C22H29N7O2S. The molecule has 3 aromatic rings. The zero-order valence-corrected chi connectivity index (χ0v) is 19.6. The molecule has 2 aliphatic rings. The van der Waals surface area contributed by atoms with Crippen LogP contribution in [-0.2, 0) is 4.74 Å². The first-order valence-corrected chi connectivity index (χ1v) is 11.9. The van der Waals surface area contributed by atoms with Crippen LogP contribution in [0.15, 0.2) is 17.5 Å². The number of hydrogen-bond donors (Lipinski definition) is 3. The molecule has 1 unspecified atom stereocenters. The summed E-state index contributed by atoms with van der Waals surface area (Å²) in [5.74, 6) is 3.08. The molecule has 0 aromatic carbocycles.